The average molecular weight is 298 g/mol. The van der Waals surface area contributed by atoms with Crippen LogP contribution in [-0.2, 0) is 14.8 Å². The Kier molecular flexibility index (Phi) is 5.72. The number of carbonyl (C=O) groups is 1. The van der Waals surface area contributed by atoms with Crippen LogP contribution in [0.4, 0.5) is 0 Å². The molecule has 1 rings (SSSR count). The maximum Gasteiger partial charge on any atom is 0.243 e. The lowest BCUT2D eigenvalue weighted by atomic mass is 10.3. The Balaban J connectivity index is 2.80. The van der Waals surface area contributed by atoms with E-state index in [0.29, 0.717) is 12.3 Å². The number of sulfonamides is 1. The summed E-state index contributed by atoms with van der Waals surface area (Å²) < 4.78 is 30.4. The van der Waals surface area contributed by atoms with Crippen molar-refractivity contribution in [2.24, 2.45) is 0 Å². The first-order valence-corrected chi connectivity index (χ1v) is 7.34. The van der Waals surface area contributed by atoms with Crippen molar-refractivity contribution in [1.29, 1.82) is 0 Å². The smallest absolute Gasteiger partial charge is 0.243 e. The largest absolute Gasteiger partial charge is 0.497 e. The molecule has 0 fully saturated rings. The van der Waals surface area contributed by atoms with Crippen molar-refractivity contribution in [3.63, 3.8) is 0 Å². The molecule has 1 aromatic carbocycles. The van der Waals surface area contributed by atoms with Crippen LogP contribution in [0.25, 0.3) is 0 Å². The van der Waals surface area contributed by atoms with Gasteiger partial charge >= 0.3 is 0 Å². The van der Waals surface area contributed by atoms with Gasteiger partial charge in [0.05, 0.1) is 18.6 Å². The van der Waals surface area contributed by atoms with E-state index in [1.165, 1.54) is 32.4 Å². The number of hydrogen-bond donors (Lipinski definition) is 1. The number of amides is 1. The van der Waals surface area contributed by atoms with E-state index >= 15 is 0 Å². The normalized spacial score (nSPS) is 11.2. The molecule has 0 saturated heterocycles. The molecule has 0 aromatic heterocycles. The molecule has 110 valence electrons. The lowest BCUT2D eigenvalue weighted by molar-refractivity contribution is -0.120. The Bertz CT molecular complexity index is 567. The van der Waals surface area contributed by atoms with Gasteiger partial charge in [0.25, 0.3) is 0 Å². The number of likely N-dealkylation sites (N-methyl/N-ethyl adjacent to an activating group) is 1. The van der Waals surface area contributed by atoms with E-state index in [1.54, 1.807) is 12.1 Å². The van der Waals surface area contributed by atoms with Gasteiger partial charge in [-0.1, -0.05) is 6.08 Å². The maximum atomic E-state index is 12.2. The van der Waals surface area contributed by atoms with E-state index < -0.39 is 10.0 Å². The van der Waals surface area contributed by atoms with Crippen molar-refractivity contribution < 1.29 is 17.9 Å². The fourth-order valence-electron chi connectivity index (χ4n) is 1.46. The zero-order valence-corrected chi connectivity index (χ0v) is 12.3. The van der Waals surface area contributed by atoms with E-state index in [0.717, 1.165) is 4.31 Å². The molecule has 0 radical (unpaired) electrons. The Morgan fingerprint density at radius 1 is 1.40 bits per heavy atom. The van der Waals surface area contributed by atoms with Gasteiger partial charge in [-0.25, -0.2) is 8.42 Å². The molecule has 0 atom stereocenters. The van der Waals surface area contributed by atoms with Crippen LogP contribution in [0.15, 0.2) is 41.8 Å². The summed E-state index contributed by atoms with van der Waals surface area (Å²) in [5, 5.41) is 2.52. The second-order valence-corrected chi connectivity index (χ2v) is 6.07. The van der Waals surface area contributed by atoms with Crippen LogP contribution in [-0.4, -0.2) is 45.9 Å². The third-order valence-corrected chi connectivity index (χ3v) is 4.40. The first-order chi connectivity index (χ1) is 9.41. The van der Waals surface area contributed by atoms with Gasteiger partial charge < -0.3 is 10.1 Å². The van der Waals surface area contributed by atoms with Crippen LogP contribution in [0, 0.1) is 0 Å². The molecule has 0 heterocycles. The molecule has 0 aliphatic heterocycles. The topological polar surface area (TPSA) is 75.7 Å². The van der Waals surface area contributed by atoms with Crippen molar-refractivity contribution in [1.82, 2.24) is 9.62 Å². The molecule has 1 N–H and O–H groups in total. The van der Waals surface area contributed by atoms with Crippen LogP contribution in [0.2, 0.25) is 0 Å². The van der Waals surface area contributed by atoms with Crippen molar-refractivity contribution in [2.45, 2.75) is 4.90 Å². The molecule has 0 saturated carbocycles. The van der Waals surface area contributed by atoms with Gasteiger partial charge in [0.1, 0.15) is 5.75 Å². The molecule has 0 unspecified atom stereocenters. The van der Waals surface area contributed by atoms with Gasteiger partial charge in [-0.15, -0.1) is 6.58 Å². The molecule has 1 aromatic rings. The first-order valence-electron chi connectivity index (χ1n) is 5.89. The Morgan fingerprint density at radius 2 is 2.00 bits per heavy atom. The zero-order chi connectivity index (χ0) is 15.2. The predicted molar refractivity (Wildman–Crippen MR) is 76.0 cm³/mol. The van der Waals surface area contributed by atoms with Crippen molar-refractivity contribution >= 4 is 15.9 Å². The van der Waals surface area contributed by atoms with Crippen LogP contribution >= 0.6 is 0 Å². The number of rotatable bonds is 7. The van der Waals surface area contributed by atoms with Gasteiger partial charge in [0, 0.05) is 13.6 Å². The highest BCUT2D eigenvalue weighted by Crippen LogP contribution is 2.18. The minimum absolute atomic E-state index is 0.109. The van der Waals surface area contributed by atoms with Crippen molar-refractivity contribution in [3.05, 3.63) is 36.9 Å². The van der Waals surface area contributed by atoms with Crippen LogP contribution in [0.5, 0.6) is 5.75 Å². The summed E-state index contributed by atoms with van der Waals surface area (Å²) in [5.74, 6) is 0.180. The highest BCUT2D eigenvalue weighted by Gasteiger charge is 2.22. The zero-order valence-electron chi connectivity index (χ0n) is 11.5. The number of nitrogens with zero attached hydrogens (tertiary/aromatic N) is 1. The number of methoxy groups -OCH3 is 1. The van der Waals surface area contributed by atoms with E-state index in [-0.39, 0.29) is 17.3 Å². The van der Waals surface area contributed by atoms with Gasteiger partial charge in [-0.2, -0.15) is 4.31 Å². The summed E-state index contributed by atoms with van der Waals surface area (Å²) in [6.07, 6.45) is 1.52. The van der Waals surface area contributed by atoms with Crippen molar-refractivity contribution in [3.8, 4) is 5.75 Å². The average Bonchev–Trinajstić information content (AvgIpc) is 2.45. The monoisotopic (exact) mass is 298 g/mol. The molecule has 20 heavy (non-hydrogen) atoms. The van der Waals surface area contributed by atoms with E-state index in [9.17, 15) is 13.2 Å². The summed E-state index contributed by atoms with van der Waals surface area (Å²) in [4.78, 5) is 11.6. The summed E-state index contributed by atoms with van der Waals surface area (Å²) in [6.45, 7) is 3.52. The number of ether oxygens (including phenoxy) is 1. The lowest BCUT2D eigenvalue weighted by Crippen LogP contribution is -2.38. The van der Waals surface area contributed by atoms with Crippen molar-refractivity contribution in [2.75, 3.05) is 27.2 Å². The predicted octanol–water partition coefficient (Wildman–Crippen LogP) is 0.618. The van der Waals surface area contributed by atoms with Crippen LogP contribution < -0.4 is 10.1 Å². The van der Waals surface area contributed by atoms with Crippen LogP contribution in [0.1, 0.15) is 0 Å². The number of carbonyl (C=O) groups excluding carboxylic acids is 1. The molecule has 7 heteroatoms. The molecule has 1 amide bonds. The number of benzene rings is 1. The number of nitrogens with one attached hydrogen (secondary N) is 1. The van der Waals surface area contributed by atoms with E-state index in [2.05, 4.69) is 11.9 Å². The molecule has 0 aliphatic carbocycles. The Labute approximate surface area is 119 Å². The Hall–Kier alpha value is -1.86. The highest BCUT2D eigenvalue weighted by molar-refractivity contribution is 7.89. The summed E-state index contributed by atoms with van der Waals surface area (Å²) >= 11 is 0. The van der Waals surface area contributed by atoms with Crippen LogP contribution in [0.3, 0.4) is 0 Å². The molecule has 0 bridgehead atoms. The Morgan fingerprint density at radius 3 is 2.50 bits per heavy atom. The maximum absolute atomic E-state index is 12.2. The lowest BCUT2D eigenvalue weighted by Gasteiger charge is -2.16. The minimum Gasteiger partial charge on any atom is -0.497 e. The molecular formula is C13H18N2O4S. The second-order valence-electron chi connectivity index (χ2n) is 4.03. The fraction of sp³-hybridized carbons (Fsp3) is 0.308. The standard InChI is InChI=1S/C13H18N2O4S/c1-4-9-14-13(16)10-15(2)20(17,18)12-7-5-11(19-3)6-8-12/h4-8H,1,9-10H2,2-3H3,(H,14,16). The summed E-state index contributed by atoms with van der Waals surface area (Å²) in [7, 11) is -0.839. The summed E-state index contributed by atoms with van der Waals surface area (Å²) in [5.41, 5.74) is 0. The minimum atomic E-state index is -3.69. The quantitative estimate of drug-likeness (QED) is 0.749. The summed E-state index contributed by atoms with van der Waals surface area (Å²) in [6, 6.07) is 5.98. The second kappa shape index (κ2) is 7.06. The third-order valence-electron chi connectivity index (χ3n) is 2.58. The van der Waals surface area contributed by atoms with E-state index in [1.807, 2.05) is 0 Å². The van der Waals surface area contributed by atoms with Gasteiger partial charge in [-0.05, 0) is 24.3 Å². The SMILES string of the molecule is C=CCNC(=O)CN(C)S(=O)(=O)c1ccc(OC)cc1. The number of hydrogen-bond acceptors (Lipinski definition) is 4. The molecule has 0 aliphatic rings. The van der Waals surface area contributed by atoms with Gasteiger partial charge in [0.15, 0.2) is 0 Å². The molecule has 6 nitrogen and oxygen atoms in total. The molecule has 0 spiro atoms. The molecular weight excluding hydrogens is 280 g/mol. The third kappa shape index (κ3) is 4.07. The first kappa shape index (κ1) is 16.2. The van der Waals surface area contributed by atoms with Gasteiger partial charge in [-0.3, -0.25) is 4.79 Å². The van der Waals surface area contributed by atoms with Gasteiger partial charge in [0.2, 0.25) is 15.9 Å². The fourth-order valence-corrected chi connectivity index (χ4v) is 2.58. The highest BCUT2D eigenvalue weighted by atomic mass is 32.2. The van der Waals surface area contributed by atoms with E-state index in [4.69, 9.17) is 4.74 Å².